The molecule has 0 aromatic heterocycles. The number of aliphatic hydroxyl groups excluding tert-OH is 1. The number of β-amino-alcohol motifs (C(OH)–C–C–N with tert-alkyl or cyclic N) is 1. The van der Waals surface area contributed by atoms with Crippen molar-refractivity contribution in [3.8, 4) is 0 Å². The smallest absolute Gasteiger partial charge is 0.419 e. The SMILES string of the molecule is CC1=C(C(=O)N2C3CC(CC3O)[C@@H]2C(=O)N2CC[C@@H](C)[C@@](O)(C(F)(F)F)C2)CCO1. The van der Waals surface area contributed by atoms with E-state index < -0.39 is 54.2 Å². The molecule has 2 saturated heterocycles. The number of fused-ring (bicyclic) bond motifs is 2. The highest BCUT2D eigenvalue weighted by Crippen LogP contribution is 2.46. The molecule has 2 amide bonds. The quantitative estimate of drug-likeness (QED) is 0.684. The number of carbonyl (C=O) groups excluding carboxylic acids is 2. The first-order chi connectivity index (χ1) is 14.0. The lowest BCUT2D eigenvalue weighted by Crippen LogP contribution is -2.65. The molecule has 0 radical (unpaired) electrons. The molecule has 0 spiro atoms. The molecule has 3 fully saturated rings. The third-order valence-electron chi connectivity index (χ3n) is 7.36. The molecular weight excluding hydrogens is 405 g/mol. The van der Waals surface area contributed by atoms with Crippen molar-refractivity contribution >= 4 is 11.8 Å². The highest BCUT2D eigenvalue weighted by Gasteiger charge is 2.62. The highest BCUT2D eigenvalue weighted by molar-refractivity contribution is 5.98. The number of ether oxygens (including phenoxy) is 1. The Kier molecular flexibility index (Phi) is 5.08. The van der Waals surface area contributed by atoms with Crippen molar-refractivity contribution < 1.29 is 37.7 Å². The van der Waals surface area contributed by atoms with Gasteiger partial charge in [-0.2, -0.15) is 13.2 Å². The lowest BCUT2D eigenvalue weighted by atomic mass is 9.81. The van der Waals surface area contributed by atoms with Crippen LogP contribution in [-0.4, -0.2) is 81.5 Å². The molecule has 30 heavy (non-hydrogen) atoms. The Hall–Kier alpha value is -1.81. The summed E-state index contributed by atoms with van der Waals surface area (Å²) < 4.78 is 46.0. The van der Waals surface area contributed by atoms with E-state index in [0.29, 0.717) is 37.2 Å². The molecule has 4 aliphatic rings. The normalized spacial score (nSPS) is 39.0. The predicted molar refractivity (Wildman–Crippen MR) is 97.8 cm³/mol. The summed E-state index contributed by atoms with van der Waals surface area (Å²) in [5.74, 6) is -1.87. The van der Waals surface area contributed by atoms with Crippen molar-refractivity contribution in [3.05, 3.63) is 11.3 Å². The van der Waals surface area contributed by atoms with Crippen molar-refractivity contribution in [2.75, 3.05) is 19.7 Å². The van der Waals surface area contributed by atoms with Gasteiger partial charge < -0.3 is 24.7 Å². The molecule has 0 aromatic rings. The van der Waals surface area contributed by atoms with E-state index in [-0.39, 0.29) is 18.9 Å². The zero-order valence-corrected chi connectivity index (χ0v) is 17.0. The summed E-state index contributed by atoms with van der Waals surface area (Å²) in [6, 6.07) is -1.47. The second-order valence-electron chi connectivity index (χ2n) is 9.03. The Bertz CT molecular complexity index is 785. The minimum atomic E-state index is -4.87. The number of carbonyl (C=O) groups is 2. The average Bonchev–Trinajstić information content (AvgIpc) is 3.35. The van der Waals surface area contributed by atoms with Gasteiger partial charge >= 0.3 is 6.18 Å². The van der Waals surface area contributed by atoms with Gasteiger partial charge in [-0.25, -0.2) is 0 Å². The van der Waals surface area contributed by atoms with Crippen LogP contribution in [0.25, 0.3) is 0 Å². The Morgan fingerprint density at radius 3 is 2.57 bits per heavy atom. The maximum atomic E-state index is 13.5. The van der Waals surface area contributed by atoms with Gasteiger partial charge in [-0.15, -0.1) is 0 Å². The molecule has 4 rings (SSSR count). The van der Waals surface area contributed by atoms with Crippen LogP contribution in [0.4, 0.5) is 13.2 Å². The lowest BCUT2D eigenvalue weighted by Gasteiger charge is -2.46. The van der Waals surface area contributed by atoms with Crippen LogP contribution in [0.3, 0.4) is 0 Å². The molecular formula is C20H27F3N2O5. The number of piperidine rings is 2. The number of allylic oxidation sites excluding steroid dienone is 1. The van der Waals surface area contributed by atoms with Gasteiger partial charge in [0.2, 0.25) is 5.91 Å². The first kappa shape index (κ1) is 21.4. The van der Waals surface area contributed by atoms with Crippen LogP contribution in [-0.2, 0) is 14.3 Å². The van der Waals surface area contributed by atoms with Crippen LogP contribution in [0.2, 0.25) is 0 Å². The second-order valence-corrected chi connectivity index (χ2v) is 9.03. The molecule has 1 aliphatic carbocycles. The first-order valence-electron chi connectivity index (χ1n) is 10.4. The predicted octanol–water partition coefficient (Wildman–Crippen LogP) is 1.19. The molecule has 168 valence electrons. The molecule has 10 heteroatoms. The van der Waals surface area contributed by atoms with Gasteiger partial charge in [-0.1, -0.05) is 6.92 Å². The van der Waals surface area contributed by atoms with Gasteiger partial charge in [0, 0.05) is 13.0 Å². The van der Waals surface area contributed by atoms with Crippen molar-refractivity contribution in [1.82, 2.24) is 9.80 Å². The maximum absolute atomic E-state index is 13.5. The minimum absolute atomic E-state index is 0.0111. The fourth-order valence-electron chi connectivity index (χ4n) is 5.46. The number of aliphatic hydroxyl groups is 2. The maximum Gasteiger partial charge on any atom is 0.419 e. The largest absolute Gasteiger partial charge is 0.497 e. The lowest BCUT2D eigenvalue weighted by molar-refractivity contribution is -0.289. The monoisotopic (exact) mass is 432 g/mol. The van der Waals surface area contributed by atoms with Crippen molar-refractivity contribution in [3.63, 3.8) is 0 Å². The number of nitrogens with zero attached hydrogens (tertiary/aromatic N) is 2. The summed E-state index contributed by atoms with van der Waals surface area (Å²) in [5, 5.41) is 20.7. The van der Waals surface area contributed by atoms with E-state index >= 15 is 0 Å². The third-order valence-corrected chi connectivity index (χ3v) is 7.36. The van der Waals surface area contributed by atoms with Gasteiger partial charge in [-0.3, -0.25) is 9.59 Å². The fourth-order valence-corrected chi connectivity index (χ4v) is 5.46. The third kappa shape index (κ3) is 3.10. The highest BCUT2D eigenvalue weighted by atomic mass is 19.4. The van der Waals surface area contributed by atoms with Crippen molar-refractivity contribution in [1.29, 1.82) is 0 Å². The molecule has 2 bridgehead atoms. The summed E-state index contributed by atoms with van der Waals surface area (Å²) in [7, 11) is 0. The van der Waals surface area contributed by atoms with Gasteiger partial charge in [0.1, 0.15) is 11.8 Å². The van der Waals surface area contributed by atoms with E-state index in [9.17, 15) is 33.0 Å². The molecule has 7 nitrogen and oxygen atoms in total. The van der Waals surface area contributed by atoms with Crippen LogP contribution < -0.4 is 0 Å². The van der Waals surface area contributed by atoms with Gasteiger partial charge in [0.15, 0.2) is 5.60 Å². The number of rotatable bonds is 2. The number of likely N-dealkylation sites (tertiary alicyclic amines) is 2. The van der Waals surface area contributed by atoms with Gasteiger partial charge in [0.25, 0.3) is 5.91 Å². The summed E-state index contributed by atoms with van der Waals surface area (Å²) >= 11 is 0. The first-order valence-corrected chi connectivity index (χ1v) is 10.4. The standard InChI is InChI=1S/C20H27F3N2O5/c1-10-3-5-24(9-19(10,29)20(21,22)23)18(28)16-12-7-14(15(26)8-12)25(16)17(27)13-4-6-30-11(13)2/h10,12,14-16,26,29H,3-9H2,1-2H3/t10-,12?,14?,15?,16-,19-/m1/s1. The molecule has 3 aliphatic heterocycles. The van der Waals surface area contributed by atoms with Crippen LogP contribution in [0.5, 0.6) is 0 Å². The minimum Gasteiger partial charge on any atom is -0.497 e. The fraction of sp³-hybridized carbons (Fsp3) is 0.800. The van der Waals surface area contributed by atoms with Crippen molar-refractivity contribution in [2.45, 2.75) is 69.5 Å². The van der Waals surface area contributed by atoms with Crippen LogP contribution in [0, 0.1) is 11.8 Å². The zero-order chi connectivity index (χ0) is 22.0. The Balaban J connectivity index is 1.61. The zero-order valence-electron chi connectivity index (χ0n) is 17.0. The van der Waals surface area contributed by atoms with E-state index in [0.717, 1.165) is 4.90 Å². The summed E-state index contributed by atoms with van der Waals surface area (Å²) in [4.78, 5) is 29.0. The number of halogens is 3. The molecule has 6 atom stereocenters. The Morgan fingerprint density at radius 1 is 1.27 bits per heavy atom. The average molecular weight is 432 g/mol. The van der Waals surface area contributed by atoms with E-state index in [2.05, 4.69) is 0 Å². The van der Waals surface area contributed by atoms with Gasteiger partial charge in [0.05, 0.1) is 30.9 Å². The molecule has 1 saturated carbocycles. The van der Waals surface area contributed by atoms with Crippen LogP contribution in [0.15, 0.2) is 11.3 Å². The van der Waals surface area contributed by atoms with Crippen LogP contribution >= 0.6 is 0 Å². The number of amides is 2. The summed E-state index contributed by atoms with van der Waals surface area (Å²) in [6.07, 6.45) is -4.46. The van der Waals surface area contributed by atoms with E-state index in [1.165, 1.54) is 11.8 Å². The van der Waals surface area contributed by atoms with Crippen LogP contribution in [0.1, 0.15) is 39.5 Å². The number of hydrogen-bond acceptors (Lipinski definition) is 5. The summed E-state index contributed by atoms with van der Waals surface area (Å²) in [6.45, 7) is 2.59. The van der Waals surface area contributed by atoms with E-state index in [1.807, 2.05) is 0 Å². The molecule has 3 heterocycles. The molecule has 0 aromatic carbocycles. The van der Waals surface area contributed by atoms with E-state index in [4.69, 9.17) is 4.74 Å². The summed E-state index contributed by atoms with van der Waals surface area (Å²) in [5.41, 5.74) is -2.54. The van der Waals surface area contributed by atoms with E-state index in [1.54, 1.807) is 6.92 Å². The second kappa shape index (κ2) is 7.12. The van der Waals surface area contributed by atoms with Crippen molar-refractivity contribution in [2.24, 2.45) is 11.8 Å². The number of alkyl halides is 3. The topological polar surface area (TPSA) is 90.3 Å². The van der Waals surface area contributed by atoms with Gasteiger partial charge in [-0.05, 0) is 38.0 Å². The molecule has 2 N–H and O–H groups in total. The molecule has 3 unspecified atom stereocenters. The number of hydrogen-bond donors (Lipinski definition) is 2. The Labute approximate surface area is 172 Å². The Morgan fingerprint density at radius 2 is 1.97 bits per heavy atom.